The molecule has 0 saturated heterocycles. The molecule has 158 valence electrons. The molecule has 0 bridgehead atoms. The number of carbonyl (C=O) groups excluding carboxylic acids is 2. The van der Waals surface area contributed by atoms with Crippen LogP contribution in [0.5, 0.6) is 0 Å². The van der Waals surface area contributed by atoms with E-state index in [0.29, 0.717) is 35.5 Å². The molecule has 0 fully saturated rings. The number of nitrogens with one attached hydrogen (secondary N) is 2. The van der Waals surface area contributed by atoms with Crippen LogP contribution >= 0.6 is 0 Å². The predicted octanol–water partition coefficient (Wildman–Crippen LogP) is 3.53. The van der Waals surface area contributed by atoms with Crippen molar-refractivity contribution in [3.05, 3.63) is 70.3 Å². The fourth-order valence-corrected chi connectivity index (χ4v) is 3.55. The quantitative estimate of drug-likeness (QED) is 0.441. The molecule has 7 heteroatoms. The third-order valence-corrected chi connectivity index (χ3v) is 5.23. The van der Waals surface area contributed by atoms with Gasteiger partial charge in [-0.3, -0.25) is 4.79 Å². The Morgan fingerprint density at radius 2 is 1.93 bits per heavy atom. The van der Waals surface area contributed by atoms with Crippen LogP contribution in [0.3, 0.4) is 0 Å². The molecule has 7 nitrogen and oxygen atoms in total. The number of aromatic amines is 1. The van der Waals surface area contributed by atoms with Crippen LogP contribution in [0, 0.1) is 13.8 Å². The molecule has 1 aromatic carbocycles. The maximum Gasteiger partial charge on any atom is 0.339 e. The summed E-state index contributed by atoms with van der Waals surface area (Å²) in [6.07, 6.45) is 4.26. The summed E-state index contributed by atoms with van der Waals surface area (Å²) in [7, 11) is 1.34. The summed E-state index contributed by atoms with van der Waals surface area (Å²) in [5, 5.41) is 7.52. The lowest BCUT2D eigenvalue weighted by atomic mass is 10.1. The van der Waals surface area contributed by atoms with Crippen molar-refractivity contribution in [3.8, 4) is 5.69 Å². The number of methoxy groups -OCH3 is 1. The number of benzene rings is 1. The van der Waals surface area contributed by atoms with E-state index < -0.39 is 5.97 Å². The molecule has 0 atom stereocenters. The number of aromatic nitrogens is 3. The van der Waals surface area contributed by atoms with Crippen LogP contribution in [0.2, 0.25) is 0 Å². The molecule has 1 amide bonds. The maximum absolute atomic E-state index is 12.6. The number of ether oxygens (including phenoxy) is 1. The summed E-state index contributed by atoms with van der Waals surface area (Å²) in [5.41, 5.74) is 5.38. The lowest BCUT2D eigenvalue weighted by molar-refractivity contribution is 0.0599. The van der Waals surface area contributed by atoms with Crippen LogP contribution in [0.15, 0.2) is 36.5 Å². The van der Waals surface area contributed by atoms with Crippen molar-refractivity contribution in [3.63, 3.8) is 0 Å². The van der Waals surface area contributed by atoms with E-state index in [2.05, 4.69) is 15.4 Å². The molecule has 0 unspecified atom stereocenters. The Morgan fingerprint density at radius 3 is 2.60 bits per heavy atom. The topological polar surface area (TPSA) is 89.0 Å². The van der Waals surface area contributed by atoms with Gasteiger partial charge in [0.25, 0.3) is 5.91 Å². The second-order valence-corrected chi connectivity index (χ2v) is 7.20. The number of hydrogen-bond acceptors (Lipinski definition) is 4. The van der Waals surface area contributed by atoms with Gasteiger partial charge in [-0.25, -0.2) is 9.48 Å². The van der Waals surface area contributed by atoms with Crippen molar-refractivity contribution >= 4 is 11.9 Å². The summed E-state index contributed by atoms with van der Waals surface area (Å²) in [6, 6.07) is 9.98. The maximum atomic E-state index is 12.6. The number of amides is 1. The lowest BCUT2D eigenvalue weighted by Gasteiger charge is -2.05. The Balaban J connectivity index is 1.59. The van der Waals surface area contributed by atoms with E-state index >= 15 is 0 Å². The van der Waals surface area contributed by atoms with Crippen molar-refractivity contribution in [2.24, 2.45) is 0 Å². The van der Waals surface area contributed by atoms with E-state index in [1.54, 1.807) is 6.92 Å². The molecule has 2 N–H and O–H groups in total. The summed E-state index contributed by atoms with van der Waals surface area (Å²) >= 11 is 0. The van der Waals surface area contributed by atoms with E-state index in [9.17, 15) is 9.59 Å². The highest BCUT2D eigenvalue weighted by Crippen LogP contribution is 2.20. The van der Waals surface area contributed by atoms with Gasteiger partial charge in [0.05, 0.1) is 24.1 Å². The number of aryl methyl sites for hydroxylation is 3. The second-order valence-electron chi connectivity index (χ2n) is 7.20. The number of carbonyl (C=O) groups is 2. The molecule has 3 aromatic rings. The van der Waals surface area contributed by atoms with Gasteiger partial charge in [0.1, 0.15) is 5.69 Å². The number of H-pyrrole nitrogens is 1. The monoisotopic (exact) mass is 408 g/mol. The average Bonchev–Trinajstić information content (AvgIpc) is 3.30. The van der Waals surface area contributed by atoms with Crippen molar-refractivity contribution < 1.29 is 14.3 Å². The van der Waals surface area contributed by atoms with Crippen molar-refractivity contribution in [2.75, 3.05) is 13.7 Å². The molecule has 0 spiro atoms. The third kappa shape index (κ3) is 4.45. The summed E-state index contributed by atoms with van der Waals surface area (Å²) in [5.74, 6) is -0.639. The second kappa shape index (κ2) is 9.43. The molecular weight excluding hydrogens is 380 g/mol. The molecule has 30 heavy (non-hydrogen) atoms. The average molecular weight is 409 g/mol. The van der Waals surface area contributed by atoms with Gasteiger partial charge >= 0.3 is 5.97 Å². The molecule has 0 aliphatic rings. The first-order valence-electron chi connectivity index (χ1n) is 10.1. The zero-order valence-electron chi connectivity index (χ0n) is 17.9. The molecule has 2 heterocycles. The van der Waals surface area contributed by atoms with Crippen LogP contribution in [0.25, 0.3) is 5.69 Å². The van der Waals surface area contributed by atoms with E-state index in [1.807, 2.05) is 55.1 Å². The van der Waals surface area contributed by atoms with Gasteiger partial charge in [0.15, 0.2) is 0 Å². The smallest absolute Gasteiger partial charge is 0.339 e. The zero-order chi connectivity index (χ0) is 21.7. The predicted molar refractivity (Wildman–Crippen MR) is 115 cm³/mol. The Hall–Kier alpha value is -3.35. The fraction of sp³-hybridized carbons (Fsp3) is 0.348. The van der Waals surface area contributed by atoms with Crippen molar-refractivity contribution in [1.29, 1.82) is 0 Å². The highest BCUT2D eigenvalue weighted by molar-refractivity contribution is 6.00. The van der Waals surface area contributed by atoms with E-state index in [-0.39, 0.29) is 5.91 Å². The van der Waals surface area contributed by atoms with Crippen LogP contribution in [-0.4, -0.2) is 40.3 Å². The van der Waals surface area contributed by atoms with Crippen LogP contribution < -0.4 is 5.32 Å². The minimum Gasteiger partial charge on any atom is -0.465 e. The highest BCUT2D eigenvalue weighted by Gasteiger charge is 2.23. The first-order chi connectivity index (χ1) is 14.5. The number of esters is 1. The summed E-state index contributed by atoms with van der Waals surface area (Å²) in [4.78, 5) is 27.7. The van der Waals surface area contributed by atoms with Gasteiger partial charge < -0.3 is 15.0 Å². The van der Waals surface area contributed by atoms with Gasteiger partial charge in [-0.15, -0.1) is 0 Å². The Bertz CT molecular complexity index is 1030. The van der Waals surface area contributed by atoms with Crippen LogP contribution in [0.4, 0.5) is 0 Å². The van der Waals surface area contributed by atoms with E-state index in [1.165, 1.54) is 7.11 Å². The molecular formula is C23H28N4O3. The van der Waals surface area contributed by atoms with Crippen LogP contribution in [0.1, 0.15) is 56.7 Å². The Kier molecular flexibility index (Phi) is 6.72. The number of nitrogens with zero attached hydrogens (tertiary/aromatic N) is 2. The Labute approximate surface area is 176 Å². The number of hydrogen-bond donors (Lipinski definition) is 2. The standard InChI is InChI=1S/C23H28N4O3/c1-5-19-20(23(29)30-4)15(2)21(25-19)22(28)24-13-9-10-17-14-27(26-16(17)3)18-11-7-6-8-12-18/h6-8,11-12,14,25H,5,9-10,13H2,1-4H3,(H,24,28). The summed E-state index contributed by atoms with van der Waals surface area (Å²) in [6.45, 7) is 6.22. The largest absolute Gasteiger partial charge is 0.465 e. The normalized spacial score (nSPS) is 10.8. The van der Waals surface area contributed by atoms with E-state index in [0.717, 1.165) is 29.8 Å². The minimum atomic E-state index is -0.425. The van der Waals surface area contributed by atoms with Gasteiger partial charge in [0.2, 0.25) is 0 Å². The molecule has 0 radical (unpaired) electrons. The highest BCUT2D eigenvalue weighted by atomic mass is 16.5. The lowest BCUT2D eigenvalue weighted by Crippen LogP contribution is -2.26. The van der Waals surface area contributed by atoms with Crippen molar-refractivity contribution in [1.82, 2.24) is 20.1 Å². The number of para-hydroxylation sites is 1. The third-order valence-electron chi connectivity index (χ3n) is 5.23. The minimum absolute atomic E-state index is 0.214. The van der Waals surface area contributed by atoms with Gasteiger partial charge in [-0.05, 0) is 56.4 Å². The van der Waals surface area contributed by atoms with Gasteiger partial charge in [0, 0.05) is 18.4 Å². The first-order valence-corrected chi connectivity index (χ1v) is 10.1. The van der Waals surface area contributed by atoms with Crippen molar-refractivity contribution in [2.45, 2.75) is 40.0 Å². The van der Waals surface area contributed by atoms with E-state index in [4.69, 9.17) is 4.74 Å². The molecule has 3 rings (SSSR count). The molecule has 0 aliphatic carbocycles. The molecule has 2 aromatic heterocycles. The fourth-order valence-electron chi connectivity index (χ4n) is 3.55. The zero-order valence-corrected chi connectivity index (χ0v) is 17.9. The van der Waals surface area contributed by atoms with Crippen LogP contribution in [-0.2, 0) is 17.6 Å². The van der Waals surface area contributed by atoms with Gasteiger partial charge in [-0.1, -0.05) is 25.1 Å². The number of rotatable bonds is 8. The summed E-state index contributed by atoms with van der Waals surface area (Å²) < 4.78 is 6.73. The van der Waals surface area contributed by atoms with Gasteiger partial charge in [-0.2, -0.15) is 5.10 Å². The molecule has 0 aliphatic heterocycles. The SMILES string of the molecule is CCc1[nH]c(C(=O)NCCCc2cn(-c3ccccc3)nc2C)c(C)c1C(=O)OC. The molecule has 0 saturated carbocycles. The Morgan fingerprint density at radius 1 is 1.20 bits per heavy atom. The first kappa shape index (κ1) is 21.4.